The maximum absolute atomic E-state index is 11.6. The quantitative estimate of drug-likeness (QED) is 0.747. The summed E-state index contributed by atoms with van der Waals surface area (Å²) in [4.78, 5) is 24.3. The smallest absolute Gasteiger partial charge is 0.230 e. The molecule has 0 atom stereocenters. The van der Waals surface area contributed by atoms with Crippen molar-refractivity contribution in [2.75, 3.05) is 20.8 Å². The van der Waals surface area contributed by atoms with Crippen LogP contribution in [-0.4, -0.2) is 37.4 Å². The fraction of sp³-hybridized carbons (Fsp3) is 0.385. The molecule has 1 aliphatic heterocycles. The lowest BCUT2D eigenvalue weighted by Crippen LogP contribution is -2.24. The second-order valence-electron chi connectivity index (χ2n) is 4.14. The number of hydrogen-bond acceptors (Lipinski definition) is 4. The van der Waals surface area contributed by atoms with Crippen LogP contribution in [0.4, 0.5) is 0 Å². The lowest BCUT2D eigenvalue weighted by Gasteiger charge is -2.17. The van der Waals surface area contributed by atoms with Gasteiger partial charge in [-0.15, -0.1) is 0 Å². The highest BCUT2D eigenvalue weighted by molar-refractivity contribution is 6.05. The van der Waals surface area contributed by atoms with Gasteiger partial charge in [0.05, 0.1) is 27.2 Å². The van der Waals surface area contributed by atoms with E-state index in [0.717, 1.165) is 5.56 Å². The second-order valence-corrected chi connectivity index (χ2v) is 4.14. The van der Waals surface area contributed by atoms with Gasteiger partial charge >= 0.3 is 0 Å². The monoisotopic (exact) mass is 249 g/mol. The molecule has 0 spiro atoms. The second kappa shape index (κ2) is 5.08. The summed E-state index contributed by atoms with van der Waals surface area (Å²) in [6.45, 7) is 0.546. The molecule has 1 saturated heterocycles. The summed E-state index contributed by atoms with van der Waals surface area (Å²) in [5.41, 5.74) is 0.833. The molecule has 2 rings (SSSR count). The third kappa shape index (κ3) is 2.45. The van der Waals surface area contributed by atoms with E-state index >= 15 is 0 Å². The highest BCUT2D eigenvalue weighted by Gasteiger charge is 2.27. The summed E-state index contributed by atoms with van der Waals surface area (Å²) in [6.07, 6.45) is 0.00623. The molecule has 0 unspecified atom stereocenters. The first kappa shape index (κ1) is 12.4. The average molecular weight is 249 g/mol. The maximum atomic E-state index is 11.6. The largest absolute Gasteiger partial charge is 0.497 e. The number of Topliss-reactive ketones (excluding diaryl/α,β-unsaturated/α-hetero) is 1. The van der Waals surface area contributed by atoms with Crippen molar-refractivity contribution >= 4 is 11.7 Å². The molecule has 18 heavy (non-hydrogen) atoms. The van der Waals surface area contributed by atoms with E-state index in [1.165, 1.54) is 4.90 Å². The Morgan fingerprint density at radius 2 is 2.00 bits per heavy atom. The third-order valence-corrected chi connectivity index (χ3v) is 2.92. The first-order chi connectivity index (χ1) is 8.63. The van der Waals surface area contributed by atoms with E-state index in [0.29, 0.717) is 18.0 Å². The van der Waals surface area contributed by atoms with Crippen molar-refractivity contribution < 1.29 is 19.1 Å². The van der Waals surface area contributed by atoms with Gasteiger partial charge in [-0.05, 0) is 18.2 Å². The van der Waals surface area contributed by atoms with Crippen LogP contribution in [0.3, 0.4) is 0 Å². The predicted molar refractivity (Wildman–Crippen MR) is 64.6 cm³/mol. The van der Waals surface area contributed by atoms with E-state index in [1.54, 1.807) is 26.4 Å². The van der Waals surface area contributed by atoms with Crippen molar-refractivity contribution in [3.05, 3.63) is 23.8 Å². The van der Waals surface area contributed by atoms with Crippen LogP contribution in [0.5, 0.6) is 11.5 Å². The van der Waals surface area contributed by atoms with Gasteiger partial charge in [0, 0.05) is 12.1 Å². The van der Waals surface area contributed by atoms with Gasteiger partial charge in [0.25, 0.3) is 0 Å². The number of carbonyl (C=O) groups excluding carboxylic acids is 2. The number of methoxy groups -OCH3 is 2. The third-order valence-electron chi connectivity index (χ3n) is 2.92. The maximum Gasteiger partial charge on any atom is 0.230 e. The van der Waals surface area contributed by atoms with Crippen molar-refractivity contribution in [3.8, 4) is 11.5 Å². The van der Waals surface area contributed by atoms with E-state index in [1.807, 2.05) is 6.07 Å². The topological polar surface area (TPSA) is 55.8 Å². The van der Waals surface area contributed by atoms with E-state index in [9.17, 15) is 9.59 Å². The Labute approximate surface area is 105 Å². The summed E-state index contributed by atoms with van der Waals surface area (Å²) >= 11 is 0. The van der Waals surface area contributed by atoms with Crippen molar-refractivity contribution in [2.24, 2.45) is 0 Å². The summed E-state index contributed by atoms with van der Waals surface area (Å²) in [5.74, 6) is 1.21. The Morgan fingerprint density at radius 1 is 1.22 bits per heavy atom. The molecule has 96 valence electrons. The number of amides is 1. The lowest BCUT2D eigenvalue weighted by atomic mass is 10.1. The van der Waals surface area contributed by atoms with Crippen molar-refractivity contribution in [2.45, 2.75) is 13.0 Å². The van der Waals surface area contributed by atoms with Crippen LogP contribution in [0.15, 0.2) is 18.2 Å². The highest BCUT2D eigenvalue weighted by Crippen LogP contribution is 2.26. The number of benzene rings is 1. The van der Waals surface area contributed by atoms with Crippen molar-refractivity contribution in [3.63, 3.8) is 0 Å². The van der Waals surface area contributed by atoms with Gasteiger partial charge < -0.3 is 14.4 Å². The summed E-state index contributed by atoms with van der Waals surface area (Å²) < 4.78 is 10.4. The molecule has 0 radical (unpaired) electrons. The van der Waals surface area contributed by atoms with Crippen LogP contribution >= 0.6 is 0 Å². The van der Waals surface area contributed by atoms with E-state index < -0.39 is 0 Å². The first-order valence-electron chi connectivity index (χ1n) is 5.64. The SMILES string of the molecule is COc1ccc(OC)c(CN2CC(=O)CC2=O)c1. The van der Waals surface area contributed by atoms with Crippen LogP contribution < -0.4 is 9.47 Å². The number of carbonyl (C=O) groups is 2. The molecular weight excluding hydrogens is 234 g/mol. The minimum atomic E-state index is -0.134. The summed E-state index contributed by atoms with van der Waals surface area (Å²) in [7, 11) is 3.15. The molecule has 0 saturated carbocycles. The number of ketones is 1. The van der Waals surface area contributed by atoms with Gasteiger partial charge in [-0.3, -0.25) is 9.59 Å². The van der Waals surface area contributed by atoms with E-state index in [-0.39, 0.29) is 24.7 Å². The Balaban J connectivity index is 2.21. The standard InChI is InChI=1S/C13H15NO4/c1-17-11-3-4-12(18-2)9(5-11)7-14-8-10(15)6-13(14)16/h3-5H,6-8H2,1-2H3. The van der Waals surface area contributed by atoms with Crippen LogP contribution in [0.1, 0.15) is 12.0 Å². The molecule has 0 aromatic heterocycles. The number of nitrogens with zero attached hydrogens (tertiary/aromatic N) is 1. The Bertz CT molecular complexity index is 484. The number of hydrogen-bond donors (Lipinski definition) is 0. The molecule has 5 nitrogen and oxygen atoms in total. The number of ether oxygens (including phenoxy) is 2. The molecule has 0 bridgehead atoms. The molecular formula is C13H15NO4. The first-order valence-corrected chi connectivity index (χ1v) is 5.64. The zero-order chi connectivity index (χ0) is 13.1. The lowest BCUT2D eigenvalue weighted by molar-refractivity contribution is -0.128. The molecule has 1 aliphatic rings. The van der Waals surface area contributed by atoms with Gasteiger partial charge in [-0.2, -0.15) is 0 Å². The Hall–Kier alpha value is -2.04. The van der Waals surface area contributed by atoms with Crippen molar-refractivity contribution in [1.82, 2.24) is 4.90 Å². The van der Waals surface area contributed by atoms with Gasteiger partial charge in [-0.1, -0.05) is 0 Å². The minimum absolute atomic E-state index is 0.00623. The normalized spacial score (nSPS) is 15.1. The fourth-order valence-corrected chi connectivity index (χ4v) is 1.99. The van der Waals surface area contributed by atoms with Gasteiger partial charge in [0.15, 0.2) is 5.78 Å². The summed E-state index contributed by atoms with van der Waals surface area (Å²) in [5, 5.41) is 0. The van der Waals surface area contributed by atoms with Gasteiger partial charge in [0.2, 0.25) is 5.91 Å². The Morgan fingerprint density at radius 3 is 2.56 bits per heavy atom. The Kier molecular flexibility index (Phi) is 3.50. The highest BCUT2D eigenvalue weighted by atomic mass is 16.5. The van der Waals surface area contributed by atoms with Crippen LogP contribution in [-0.2, 0) is 16.1 Å². The molecule has 1 aromatic rings. The summed E-state index contributed by atoms with van der Waals surface area (Å²) in [6, 6.07) is 5.39. The fourth-order valence-electron chi connectivity index (χ4n) is 1.99. The molecule has 1 amide bonds. The number of rotatable bonds is 4. The van der Waals surface area contributed by atoms with E-state index in [4.69, 9.17) is 9.47 Å². The molecule has 0 aliphatic carbocycles. The minimum Gasteiger partial charge on any atom is -0.497 e. The molecule has 5 heteroatoms. The molecule has 1 heterocycles. The van der Waals surface area contributed by atoms with Crippen molar-refractivity contribution in [1.29, 1.82) is 0 Å². The van der Waals surface area contributed by atoms with Crippen LogP contribution in [0.2, 0.25) is 0 Å². The zero-order valence-corrected chi connectivity index (χ0v) is 10.4. The molecule has 1 fully saturated rings. The zero-order valence-electron chi connectivity index (χ0n) is 10.4. The van der Waals surface area contributed by atoms with Crippen LogP contribution in [0, 0.1) is 0 Å². The molecule has 0 N–H and O–H groups in total. The van der Waals surface area contributed by atoms with Crippen LogP contribution in [0.25, 0.3) is 0 Å². The van der Waals surface area contributed by atoms with E-state index in [2.05, 4.69) is 0 Å². The molecule has 1 aromatic carbocycles. The van der Waals surface area contributed by atoms with Gasteiger partial charge in [-0.25, -0.2) is 0 Å². The van der Waals surface area contributed by atoms with Gasteiger partial charge in [0.1, 0.15) is 11.5 Å². The predicted octanol–water partition coefficient (Wildman–Crippen LogP) is 1.01. The average Bonchev–Trinajstić information content (AvgIpc) is 2.67. The number of likely N-dealkylation sites (tertiary alicyclic amines) is 1.